The fourth-order valence-electron chi connectivity index (χ4n) is 3.36. The summed E-state index contributed by atoms with van der Waals surface area (Å²) in [7, 11) is 0. The molecule has 0 aliphatic carbocycles. The van der Waals surface area contributed by atoms with Crippen molar-refractivity contribution in [2.75, 3.05) is 0 Å². The molecule has 4 heteroatoms. The number of fused-ring (bicyclic) bond motifs is 3. The molecule has 1 heterocycles. The molecular formula is C23H18N2O2. The van der Waals surface area contributed by atoms with Crippen molar-refractivity contribution in [2.45, 2.75) is 12.8 Å². The van der Waals surface area contributed by atoms with Crippen LogP contribution in [-0.2, 0) is 22.4 Å². The van der Waals surface area contributed by atoms with Gasteiger partial charge in [0.05, 0.1) is 16.7 Å². The van der Waals surface area contributed by atoms with E-state index in [-0.39, 0.29) is 0 Å². The Morgan fingerprint density at radius 3 is 1.81 bits per heavy atom. The van der Waals surface area contributed by atoms with Gasteiger partial charge in [-0.1, -0.05) is 30.3 Å². The molecule has 0 amide bonds. The van der Waals surface area contributed by atoms with Crippen LogP contribution in [0.3, 0.4) is 0 Å². The summed E-state index contributed by atoms with van der Waals surface area (Å²) in [6.07, 6.45) is 4.41. The second-order valence-corrected chi connectivity index (χ2v) is 6.39. The second-order valence-electron chi connectivity index (χ2n) is 6.39. The molecule has 0 saturated heterocycles. The monoisotopic (exact) mass is 354 g/mol. The van der Waals surface area contributed by atoms with Gasteiger partial charge < -0.3 is 9.59 Å². The molecule has 0 atom stereocenters. The van der Waals surface area contributed by atoms with Crippen molar-refractivity contribution >= 4 is 46.4 Å². The minimum absolute atomic E-state index is 0.384. The van der Waals surface area contributed by atoms with Crippen molar-refractivity contribution in [2.24, 2.45) is 4.99 Å². The number of aromatic nitrogens is 1. The highest BCUT2D eigenvalue weighted by Crippen LogP contribution is 2.30. The van der Waals surface area contributed by atoms with Crippen LogP contribution in [0.1, 0.15) is 11.1 Å². The first-order valence-corrected chi connectivity index (χ1v) is 8.82. The molecule has 3 aromatic carbocycles. The summed E-state index contributed by atoms with van der Waals surface area (Å²) in [5.41, 5.74) is 4.85. The molecule has 0 N–H and O–H groups in total. The Balaban J connectivity index is 1.93. The Kier molecular flexibility index (Phi) is 4.62. The lowest BCUT2D eigenvalue weighted by molar-refractivity contribution is -0.108. The van der Waals surface area contributed by atoms with E-state index >= 15 is 0 Å². The fourth-order valence-corrected chi connectivity index (χ4v) is 3.36. The van der Waals surface area contributed by atoms with Crippen molar-refractivity contribution in [3.63, 3.8) is 0 Å². The molecule has 132 valence electrons. The van der Waals surface area contributed by atoms with Crippen molar-refractivity contribution in [3.8, 4) is 0 Å². The molecule has 0 spiro atoms. The van der Waals surface area contributed by atoms with Gasteiger partial charge in [-0.05, 0) is 47.5 Å². The molecule has 0 radical (unpaired) electrons. The molecule has 4 aromatic rings. The average Bonchev–Trinajstić information content (AvgIpc) is 3.00. The second kappa shape index (κ2) is 7.38. The van der Waals surface area contributed by atoms with Crippen LogP contribution in [0.4, 0.5) is 5.69 Å². The number of para-hydroxylation sites is 1. The van der Waals surface area contributed by atoms with Crippen LogP contribution in [0.2, 0.25) is 0 Å². The predicted octanol–water partition coefficient (Wildman–Crippen LogP) is 4.49. The predicted molar refractivity (Wildman–Crippen MR) is 109 cm³/mol. The van der Waals surface area contributed by atoms with Crippen LogP contribution in [-0.4, -0.2) is 23.5 Å². The quantitative estimate of drug-likeness (QED) is 0.291. The summed E-state index contributed by atoms with van der Waals surface area (Å²) >= 11 is 0. The van der Waals surface area contributed by atoms with Gasteiger partial charge >= 0.3 is 0 Å². The Morgan fingerprint density at radius 2 is 1.30 bits per heavy atom. The molecule has 0 fully saturated rings. The van der Waals surface area contributed by atoms with E-state index in [1.165, 1.54) is 0 Å². The number of nitrogens with zero attached hydrogens (tertiary/aromatic N) is 2. The number of aliphatic imine (C=N–C) groups is 1. The SMILES string of the molecule is O=CCc1ccc2c(c1)c1cc(CC=O)ccc1n2C=Nc1ccccc1. The highest BCUT2D eigenvalue weighted by Gasteiger charge is 2.11. The molecule has 0 aliphatic rings. The minimum atomic E-state index is 0.384. The number of carbonyl (C=O) groups excluding carboxylic acids is 2. The van der Waals surface area contributed by atoms with Gasteiger partial charge in [0.1, 0.15) is 18.9 Å². The van der Waals surface area contributed by atoms with Crippen LogP contribution in [0.5, 0.6) is 0 Å². The van der Waals surface area contributed by atoms with E-state index in [9.17, 15) is 9.59 Å². The van der Waals surface area contributed by atoms with E-state index < -0.39 is 0 Å². The number of hydrogen-bond donors (Lipinski definition) is 0. The number of rotatable bonds is 6. The third kappa shape index (κ3) is 3.29. The summed E-state index contributed by atoms with van der Waals surface area (Å²) in [5.74, 6) is 0. The molecule has 0 saturated carbocycles. The van der Waals surface area contributed by atoms with E-state index in [4.69, 9.17) is 0 Å². The lowest BCUT2D eigenvalue weighted by Crippen LogP contribution is -1.95. The molecular weight excluding hydrogens is 336 g/mol. The van der Waals surface area contributed by atoms with Gasteiger partial charge in [-0.25, -0.2) is 4.99 Å². The van der Waals surface area contributed by atoms with Crippen LogP contribution < -0.4 is 0 Å². The maximum absolute atomic E-state index is 10.9. The molecule has 27 heavy (non-hydrogen) atoms. The highest BCUT2D eigenvalue weighted by atomic mass is 16.1. The van der Waals surface area contributed by atoms with Crippen molar-refractivity contribution < 1.29 is 9.59 Å². The average molecular weight is 354 g/mol. The van der Waals surface area contributed by atoms with Gasteiger partial charge in [-0.2, -0.15) is 0 Å². The topological polar surface area (TPSA) is 51.4 Å². The molecule has 1 aromatic heterocycles. The summed E-state index contributed by atoms with van der Waals surface area (Å²) in [6.45, 7) is 0. The first kappa shape index (κ1) is 16.9. The van der Waals surface area contributed by atoms with Crippen molar-refractivity contribution in [1.82, 2.24) is 4.57 Å². The van der Waals surface area contributed by atoms with Gasteiger partial charge in [0.25, 0.3) is 0 Å². The van der Waals surface area contributed by atoms with Gasteiger partial charge in [0, 0.05) is 23.6 Å². The molecule has 0 bridgehead atoms. The molecule has 4 rings (SSSR count). The Morgan fingerprint density at radius 1 is 0.741 bits per heavy atom. The Hall–Kier alpha value is -3.53. The van der Waals surface area contributed by atoms with Crippen LogP contribution in [0.15, 0.2) is 71.7 Å². The lowest BCUT2D eigenvalue weighted by Gasteiger charge is -2.01. The third-order valence-electron chi connectivity index (χ3n) is 4.65. The number of carbonyl (C=O) groups is 2. The van der Waals surface area contributed by atoms with E-state index in [0.717, 1.165) is 51.2 Å². The summed E-state index contributed by atoms with van der Waals surface area (Å²) in [6, 6.07) is 21.8. The zero-order valence-corrected chi connectivity index (χ0v) is 14.7. The summed E-state index contributed by atoms with van der Waals surface area (Å²) < 4.78 is 2.05. The Labute approximate surface area is 156 Å². The maximum atomic E-state index is 10.9. The first-order chi connectivity index (χ1) is 13.3. The van der Waals surface area contributed by atoms with Crippen molar-refractivity contribution in [3.05, 3.63) is 77.9 Å². The summed E-state index contributed by atoms with van der Waals surface area (Å²) in [5, 5.41) is 2.10. The van der Waals surface area contributed by atoms with E-state index in [0.29, 0.717) is 12.8 Å². The first-order valence-electron chi connectivity index (χ1n) is 8.82. The number of aldehydes is 2. The molecule has 0 unspecified atom stereocenters. The smallest absolute Gasteiger partial charge is 0.124 e. The van der Waals surface area contributed by atoms with Gasteiger partial charge in [-0.3, -0.25) is 4.57 Å². The highest BCUT2D eigenvalue weighted by molar-refractivity contribution is 6.12. The minimum Gasteiger partial charge on any atom is -0.303 e. The zero-order valence-electron chi connectivity index (χ0n) is 14.7. The largest absolute Gasteiger partial charge is 0.303 e. The lowest BCUT2D eigenvalue weighted by atomic mass is 10.1. The number of hydrogen-bond acceptors (Lipinski definition) is 3. The summed E-state index contributed by atoms with van der Waals surface area (Å²) in [4.78, 5) is 26.4. The van der Waals surface area contributed by atoms with E-state index in [1.54, 1.807) is 0 Å². The van der Waals surface area contributed by atoms with Crippen LogP contribution >= 0.6 is 0 Å². The van der Waals surface area contributed by atoms with Gasteiger partial charge in [0.2, 0.25) is 0 Å². The Bertz CT molecular complexity index is 1090. The van der Waals surface area contributed by atoms with Crippen molar-refractivity contribution in [1.29, 1.82) is 0 Å². The fraction of sp³-hybridized carbons (Fsp3) is 0.0870. The molecule has 4 nitrogen and oxygen atoms in total. The van der Waals surface area contributed by atoms with Gasteiger partial charge in [0.15, 0.2) is 0 Å². The van der Waals surface area contributed by atoms with Crippen LogP contribution in [0.25, 0.3) is 21.8 Å². The standard InChI is InChI=1S/C23H18N2O2/c26-12-10-17-6-8-22-20(14-17)21-15-18(11-13-27)7-9-23(21)25(22)16-24-19-4-2-1-3-5-19/h1-9,12-16H,10-11H2. The van der Waals surface area contributed by atoms with Gasteiger partial charge in [-0.15, -0.1) is 0 Å². The maximum Gasteiger partial charge on any atom is 0.124 e. The van der Waals surface area contributed by atoms with Crippen LogP contribution in [0, 0.1) is 0 Å². The number of benzene rings is 3. The molecule has 0 aliphatic heterocycles. The zero-order chi connectivity index (χ0) is 18.6. The van der Waals surface area contributed by atoms with E-state index in [2.05, 4.69) is 4.99 Å². The van der Waals surface area contributed by atoms with E-state index in [1.807, 2.05) is 77.6 Å². The third-order valence-corrected chi connectivity index (χ3v) is 4.65. The normalized spacial score (nSPS) is 11.4.